The van der Waals surface area contributed by atoms with Crippen LogP contribution in [0.3, 0.4) is 0 Å². The van der Waals surface area contributed by atoms with E-state index in [0.29, 0.717) is 0 Å². The van der Waals surface area contributed by atoms with E-state index < -0.39 is 0 Å². The van der Waals surface area contributed by atoms with Crippen LogP contribution in [0.15, 0.2) is 36.5 Å². The second kappa shape index (κ2) is 4.22. The Kier molecular flexibility index (Phi) is 2.58. The van der Waals surface area contributed by atoms with Crippen molar-refractivity contribution in [3.05, 3.63) is 42.2 Å². The van der Waals surface area contributed by atoms with Crippen LogP contribution in [0.4, 0.5) is 0 Å². The Morgan fingerprint density at radius 1 is 1.25 bits per heavy atom. The van der Waals surface area contributed by atoms with E-state index in [2.05, 4.69) is 40.6 Å². The molecule has 2 aromatic rings. The van der Waals surface area contributed by atoms with Crippen LogP contribution in [0.1, 0.15) is 12.1 Å². The molecule has 0 amide bonds. The maximum Gasteiger partial charge on any atom is 0.0413 e. The predicted molar refractivity (Wildman–Crippen MR) is 66.4 cm³/mol. The maximum absolute atomic E-state index is 4.54. The standard InChI is InChI=1S/C14H16N2/c1-2-4-13-10-16-14(8-12(13)3-1)7-11-5-6-15-9-11/h1-4,8,10-11,15H,5-7,9H2/t11-/m0/s1. The van der Waals surface area contributed by atoms with Crippen LogP contribution in [-0.2, 0) is 6.42 Å². The van der Waals surface area contributed by atoms with Crippen molar-refractivity contribution >= 4 is 10.8 Å². The van der Waals surface area contributed by atoms with Gasteiger partial charge in [-0.25, -0.2) is 0 Å². The predicted octanol–water partition coefficient (Wildman–Crippen LogP) is 2.39. The van der Waals surface area contributed by atoms with Gasteiger partial charge in [0.2, 0.25) is 0 Å². The van der Waals surface area contributed by atoms with E-state index in [1.807, 2.05) is 6.20 Å². The lowest BCUT2D eigenvalue weighted by molar-refractivity contribution is 0.572. The van der Waals surface area contributed by atoms with Crippen LogP contribution in [0.2, 0.25) is 0 Å². The molecule has 3 rings (SSSR count). The summed E-state index contributed by atoms with van der Waals surface area (Å²) >= 11 is 0. The van der Waals surface area contributed by atoms with E-state index in [-0.39, 0.29) is 0 Å². The van der Waals surface area contributed by atoms with E-state index >= 15 is 0 Å². The summed E-state index contributed by atoms with van der Waals surface area (Å²) in [6, 6.07) is 10.7. The fourth-order valence-corrected chi connectivity index (χ4v) is 2.43. The summed E-state index contributed by atoms with van der Waals surface area (Å²) < 4.78 is 0. The second-order valence-electron chi connectivity index (χ2n) is 4.59. The molecule has 82 valence electrons. The summed E-state index contributed by atoms with van der Waals surface area (Å²) in [4.78, 5) is 4.54. The monoisotopic (exact) mass is 212 g/mol. The Morgan fingerprint density at radius 2 is 2.12 bits per heavy atom. The number of benzene rings is 1. The Bertz CT molecular complexity index is 487. The molecule has 0 spiro atoms. The lowest BCUT2D eigenvalue weighted by Crippen LogP contribution is -2.11. The van der Waals surface area contributed by atoms with Crippen molar-refractivity contribution in [2.24, 2.45) is 5.92 Å². The van der Waals surface area contributed by atoms with Crippen LogP contribution in [0.5, 0.6) is 0 Å². The zero-order valence-corrected chi connectivity index (χ0v) is 9.32. The van der Waals surface area contributed by atoms with Gasteiger partial charge in [-0.15, -0.1) is 0 Å². The molecule has 2 heteroatoms. The van der Waals surface area contributed by atoms with Crippen molar-refractivity contribution in [3.8, 4) is 0 Å². The molecule has 1 saturated heterocycles. The lowest BCUT2D eigenvalue weighted by atomic mass is 10.0. The summed E-state index contributed by atoms with van der Waals surface area (Å²) in [6.45, 7) is 2.31. The Balaban J connectivity index is 1.86. The summed E-state index contributed by atoms with van der Waals surface area (Å²) in [5, 5.41) is 5.94. The van der Waals surface area contributed by atoms with Crippen molar-refractivity contribution in [1.82, 2.24) is 10.3 Å². The van der Waals surface area contributed by atoms with Crippen molar-refractivity contribution in [3.63, 3.8) is 0 Å². The van der Waals surface area contributed by atoms with Gasteiger partial charge in [0.25, 0.3) is 0 Å². The van der Waals surface area contributed by atoms with Crippen LogP contribution in [0, 0.1) is 5.92 Å². The Labute approximate surface area is 95.7 Å². The molecule has 1 aliphatic heterocycles. The number of pyridine rings is 1. The molecule has 1 aromatic carbocycles. The highest BCUT2D eigenvalue weighted by molar-refractivity contribution is 5.81. The van der Waals surface area contributed by atoms with Gasteiger partial charge in [0.05, 0.1) is 0 Å². The summed E-state index contributed by atoms with van der Waals surface area (Å²) in [7, 11) is 0. The van der Waals surface area contributed by atoms with Crippen LogP contribution in [0.25, 0.3) is 10.8 Å². The molecule has 1 N–H and O–H groups in total. The first-order valence-corrected chi connectivity index (χ1v) is 5.96. The molecule has 0 unspecified atom stereocenters. The molecule has 1 atom stereocenters. The molecular weight excluding hydrogens is 196 g/mol. The first kappa shape index (κ1) is 9.79. The minimum atomic E-state index is 0.772. The summed E-state index contributed by atoms with van der Waals surface area (Å²) in [5.74, 6) is 0.772. The maximum atomic E-state index is 4.54. The normalized spacial score (nSPS) is 20.4. The molecule has 0 saturated carbocycles. The SMILES string of the molecule is c1ccc2cc(C[C@@H]3CCNC3)ncc2c1. The van der Waals surface area contributed by atoms with Gasteiger partial charge in [-0.1, -0.05) is 24.3 Å². The first-order chi connectivity index (χ1) is 7.92. The quantitative estimate of drug-likeness (QED) is 0.826. The zero-order chi connectivity index (χ0) is 10.8. The third-order valence-electron chi connectivity index (χ3n) is 3.35. The molecule has 16 heavy (non-hydrogen) atoms. The molecule has 0 aliphatic carbocycles. The average Bonchev–Trinajstić information content (AvgIpc) is 2.82. The van der Waals surface area contributed by atoms with Gasteiger partial charge < -0.3 is 5.32 Å². The van der Waals surface area contributed by atoms with Crippen LogP contribution < -0.4 is 5.32 Å². The van der Waals surface area contributed by atoms with Gasteiger partial charge in [-0.3, -0.25) is 4.98 Å². The summed E-state index contributed by atoms with van der Waals surface area (Å²) in [5.41, 5.74) is 1.23. The van der Waals surface area contributed by atoms with Crippen molar-refractivity contribution in [2.75, 3.05) is 13.1 Å². The van der Waals surface area contributed by atoms with Crippen LogP contribution in [-0.4, -0.2) is 18.1 Å². The van der Waals surface area contributed by atoms with Gasteiger partial charge in [-0.2, -0.15) is 0 Å². The van der Waals surface area contributed by atoms with Gasteiger partial charge >= 0.3 is 0 Å². The zero-order valence-electron chi connectivity index (χ0n) is 9.32. The van der Waals surface area contributed by atoms with Crippen molar-refractivity contribution in [1.29, 1.82) is 0 Å². The average molecular weight is 212 g/mol. The van der Waals surface area contributed by atoms with E-state index in [0.717, 1.165) is 25.4 Å². The molecule has 0 bridgehead atoms. The number of hydrogen-bond donors (Lipinski definition) is 1. The molecule has 2 nitrogen and oxygen atoms in total. The smallest absolute Gasteiger partial charge is 0.0413 e. The molecule has 0 radical (unpaired) electrons. The molecule has 1 fully saturated rings. The third-order valence-corrected chi connectivity index (χ3v) is 3.35. The number of aromatic nitrogens is 1. The number of hydrogen-bond acceptors (Lipinski definition) is 2. The third kappa shape index (κ3) is 1.93. The molecule has 2 heterocycles. The van der Waals surface area contributed by atoms with Gasteiger partial charge in [0, 0.05) is 17.3 Å². The number of nitrogens with zero attached hydrogens (tertiary/aromatic N) is 1. The van der Waals surface area contributed by atoms with Crippen LogP contribution >= 0.6 is 0 Å². The Morgan fingerprint density at radius 3 is 2.94 bits per heavy atom. The molecule has 1 aromatic heterocycles. The fourth-order valence-electron chi connectivity index (χ4n) is 2.43. The van der Waals surface area contributed by atoms with Crippen molar-refractivity contribution in [2.45, 2.75) is 12.8 Å². The number of rotatable bonds is 2. The minimum absolute atomic E-state index is 0.772. The minimum Gasteiger partial charge on any atom is -0.316 e. The second-order valence-corrected chi connectivity index (χ2v) is 4.59. The van der Waals surface area contributed by atoms with Crippen molar-refractivity contribution < 1.29 is 0 Å². The highest BCUT2D eigenvalue weighted by Gasteiger charge is 2.15. The fraction of sp³-hybridized carbons (Fsp3) is 0.357. The first-order valence-electron chi connectivity index (χ1n) is 5.96. The highest BCUT2D eigenvalue weighted by Crippen LogP contribution is 2.18. The number of nitrogens with one attached hydrogen (secondary N) is 1. The molecule has 1 aliphatic rings. The van der Waals surface area contributed by atoms with E-state index in [4.69, 9.17) is 0 Å². The van der Waals surface area contributed by atoms with Gasteiger partial charge in [-0.05, 0) is 43.3 Å². The van der Waals surface area contributed by atoms with Gasteiger partial charge in [0.1, 0.15) is 0 Å². The van der Waals surface area contributed by atoms with E-state index in [1.54, 1.807) is 0 Å². The van der Waals surface area contributed by atoms with E-state index in [9.17, 15) is 0 Å². The highest BCUT2D eigenvalue weighted by atomic mass is 14.9. The van der Waals surface area contributed by atoms with E-state index in [1.165, 1.54) is 22.9 Å². The molecular formula is C14H16N2. The Hall–Kier alpha value is -1.41. The topological polar surface area (TPSA) is 24.9 Å². The lowest BCUT2D eigenvalue weighted by Gasteiger charge is -2.08. The van der Waals surface area contributed by atoms with Gasteiger partial charge in [0.15, 0.2) is 0 Å². The summed E-state index contributed by atoms with van der Waals surface area (Å²) in [6.07, 6.45) is 4.39. The number of fused-ring (bicyclic) bond motifs is 1. The largest absolute Gasteiger partial charge is 0.316 e.